The average molecular weight is 394 g/mol. The largest absolute Gasteiger partial charge is 0.455 e. The van der Waals surface area contributed by atoms with Gasteiger partial charge in [0.05, 0.1) is 5.92 Å². The monoisotopic (exact) mass is 394 g/mol. The molecule has 0 bridgehead atoms. The number of carbonyl (C=O) groups excluding carboxylic acids is 3. The van der Waals surface area contributed by atoms with E-state index in [-0.39, 0.29) is 16.7 Å². The van der Waals surface area contributed by atoms with E-state index < -0.39 is 53.3 Å². The summed E-state index contributed by atoms with van der Waals surface area (Å²) in [6.07, 6.45) is -2.84. The van der Waals surface area contributed by atoms with E-state index in [1.807, 2.05) is 0 Å². The van der Waals surface area contributed by atoms with Crippen LogP contribution in [0.25, 0.3) is 0 Å². The molecule has 0 aliphatic carbocycles. The molecule has 0 aromatic carbocycles. The van der Waals surface area contributed by atoms with Crippen molar-refractivity contribution in [3.63, 3.8) is 0 Å². The second kappa shape index (κ2) is 7.18. The molecule has 154 valence electrons. The first-order valence-corrected chi connectivity index (χ1v) is 8.79. The Balaban J connectivity index is 2.68. The van der Waals surface area contributed by atoms with Gasteiger partial charge < -0.3 is 24.4 Å². The zero-order valence-electron chi connectivity index (χ0n) is 16.6. The summed E-state index contributed by atoms with van der Waals surface area (Å²) >= 11 is 0. The lowest BCUT2D eigenvalue weighted by molar-refractivity contribution is -0.228. The first-order valence-electron chi connectivity index (χ1n) is 8.79. The molecule has 2 heterocycles. The number of esters is 3. The highest BCUT2D eigenvalue weighted by Gasteiger charge is 2.57. The smallest absolute Gasteiger partial charge is 0.334 e. The fourth-order valence-electron chi connectivity index (χ4n) is 3.09. The van der Waals surface area contributed by atoms with Gasteiger partial charge in [0.15, 0.2) is 0 Å². The van der Waals surface area contributed by atoms with Crippen LogP contribution in [-0.4, -0.2) is 57.6 Å². The molecule has 0 aromatic heterocycles. The van der Waals surface area contributed by atoms with Crippen LogP contribution in [0.4, 0.5) is 0 Å². The molecule has 5 unspecified atom stereocenters. The third-order valence-electron chi connectivity index (χ3n) is 5.40. The molecule has 0 saturated carbocycles. The normalized spacial score (nSPS) is 35.2. The fourth-order valence-corrected chi connectivity index (χ4v) is 3.09. The molecular formula is C20H26O8. The molecule has 1 fully saturated rings. The molecule has 0 spiro atoms. The van der Waals surface area contributed by atoms with Gasteiger partial charge in [-0.15, -0.1) is 0 Å². The van der Waals surface area contributed by atoms with Gasteiger partial charge in [-0.2, -0.15) is 0 Å². The summed E-state index contributed by atoms with van der Waals surface area (Å²) in [6.45, 7) is 14.2. The highest BCUT2D eigenvalue weighted by atomic mass is 16.6. The minimum atomic E-state index is -2.06. The Morgan fingerprint density at radius 1 is 1.25 bits per heavy atom. The van der Waals surface area contributed by atoms with Crippen molar-refractivity contribution < 1.29 is 38.8 Å². The summed E-state index contributed by atoms with van der Waals surface area (Å²) in [4.78, 5) is 36.7. The molecule has 0 aromatic rings. The summed E-state index contributed by atoms with van der Waals surface area (Å²) in [5, 5.41) is 22.1. The Labute approximate surface area is 163 Å². The number of hydrogen-bond donors (Lipinski definition) is 2. The van der Waals surface area contributed by atoms with Crippen molar-refractivity contribution in [2.24, 2.45) is 5.92 Å². The lowest BCUT2D eigenvalue weighted by atomic mass is 9.75. The van der Waals surface area contributed by atoms with Crippen LogP contribution in [0.2, 0.25) is 0 Å². The van der Waals surface area contributed by atoms with Crippen LogP contribution in [0.3, 0.4) is 0 Å². The molecule has 2 aliphatic rings. The van der Waals surface area contributed by atoms with E-state index in [9.17, 15) is 24.6 Å². The number of hydrogen-bond acceptors (Lipinski definition) is 8. The molecule has 2 N–H and O–H groups in total. The van der Waals surface area contributed by atoms with Crippen LogP contribution < -0.4 is 0 Å². The SMILES string of the molecule is C=C(C)C(=O)OC1C2C(=C)C(=O)OC2C=C(C)C(=O)OC(C)(C)C(C)(O)C1O. The molecule has 5 atom stereocenters. The summed E-state index contributed by atoms with van der Waals surface area (Å²) in [6, 6.07) is 0. The Hall–Kier alpha value is -2.45. The zero-order chi connectivity index (χ0) is 21.6. The van der Waals surface area contributed by atoms with Crippen molar-refractivity contribution in [1.82, 2.24) is 0 Å². The first kappa shape index (κ1) is 21.8. The molecule has 8 nitrogen and oxygen atoms in total. The first-order chi connectivity index (χ1) is 12.7. The van der Waals surface area contributed by atoms with Crippen LogP contribution in [0.15, 0.2) is 36.0 Å². The van der Waals surface area contributed by atoms with Crippen LogP contribution >= 0.6 is 0 Å². The second-order valence-corrected chi connectivity index (χ2v) is 7.91. The van der Waals surface area contributed by atoms with Gasteiger partial charge in [-0.25, -0.2) is 14.4 Å². The number of aliphatic hydroxyl groups excluding tert-OH is 1. The molecular weight excluding hydrogens is 368 g/mol. The van der Waals surface area contributed by atoms with Gasteiger partial charge >= 0.3 is 17.9 Å². The van der Waals surface area contributed by atoms with E-state index in [0.717, 1.165) is 0 Å². The summed E-state index contributed by atoms with van der Waals surface area (Å²) in [5.74, 6) is -3.34. The van der Waals surface area contributed by atoms with Crippen LogP contribution in [0.5, 0.6) is 0 Å². The van der Waals surface area contributed by atoms with Gasteiger partial charge in [-0.1, -0.05) is 13.2 Å². The van der Waals surface area contributed by atoms with E-state index in [0.29, 0.717) is 0 Å². The number of rotatable bonds is 2. The van der Waals surface area contributed by atoms with Crippen LogP contribution in [0, 0.1) is 5.92 Å². The standard InChI is InChI=1S/C20H26O8/c1-9(2)16(22)27-14-13-11(4)18(24)26-12(13)8-10(3)17(23)28-19(5,6)20(7,25)15(14)21/h8,12-15,21,25H,1,4H2,2-3,5-7H3. The Bertz CT molecular complexity index is 773. The molecule has 0 amide bonds. The van der Waals surface area contributed by atoms with Gasteiger partial charge in [0.1, 0.15) is 29.5 Å². The van der Waals surface area contributed by atoms with E-state index in [4.69, 9.17) is 14.2 Å². The van der Waals surface area contributed by atoms with E-state index in [2.05, 4.69) is 13.2 Å². The average Bonchev–Trinajstić information content (AvgIpc) is 2.84. The van der Waals surface area contributed by atoms with E-state index in [1.54, 1.807) is 0 Å². The molecule has 1 saturated heterocycles. The highest BCUT2D eigenvalue weighted by Crippen LogP contribution is 2.40. The number of ether oxygens (including phenoxy) is 3. The van der Waals surface area contributed by atoms with Gasteiger partial charge in [-0.05, 0) is 40.7 Å². The number of carbonyl (C=O) groups is 3. The third-order valence-corrected chi connectivity index (χ3v) is 5.40. The number of cyclic esters (lactones) is 1. The van der Waals surface area contributed by atoms with Crippen molar-refractivity contribution in [1.29, 1.82) is 0 Å². The van der Waals surface area contributed by atoms with E-state index >= 15 is 0 Å². The van der Waals surface area contributed by atoms with Crippen LogP contribution in [0.1, 0.15) is 34.6 Å². The maximum Gasteiger partial charge on any atom is 0.334 e. The van der Waals surface area contributed by atoms with Crippen molar-refractivity contribution in [2.75, 3.05) is 0 Å². The predicted octanol–water partition coefficient (Wildman–Crippen LogP) is 0.966. The number of fused-ring (bicyclic) bond motifs is 1. The maximum atomic E-state index is 12.4. The van der Waals surface area contributed by atoms with Crippen molar-refractivity contribution in [3.8, 4) is 0 Å². The Morgan fingerprint density at radius 3 is 2.36 bits per heavy atom. The van der Waals surface area contributed by atoms with Gasteiger partial charge in [-0.3, -0.25) is 0 Å². The summed E-state index contributed by atoms with van der Waals surface area (Å²) in [5.41, 5.74) is -3.48. The Kier molecular flexibility index (Phi) is 5.60. The fraction of sp³-hybridized carbons (Fsp3) is 0.550. The minimum Gasteiger partial charge on any atom is -0.455 e. The van der Waals surface area contributed by atoms with Crippen molar-refractivity contribution >= 4 is 17.9 Å². The zero-order valence-corrected chi connectivity index (χ0v) is 16.6. The number of aliphatic hydroxyl groups is 2. The third kappa shape index (κ3) is 3.62. The van der Waals surface area contributed by atoms with Crippen molar-refractivity contribution in [2.45, 2.75) is 64.1 Å². The molecule has 0 radical (unpaired) electrons. The van der Waals surface area contributed by atoms with Gasteiger partial charge in [0.2, 0.25) is 0 Å². The van der Waals surface area contributed by atoms with Crippen molar-refractivity contribution in [3.05, 3.63) is 36.0 Å². The van der Waals surface area contributed by atoms with Crippen LogP contribution in [-0.2, 0) is 28.6 Å². The molecule has 8 heteroatoms. The summed E-state index contributed by atoms with van der Waals surface area (Å²) in [7, 11) is 0. The minimum absolute atomic E-state index is 0.0461. The molecule has 28 heavy (non-hydrogen) atoms. The lowest BCUT2D eigenvalue weighted by Crippen LogP contribution is -2.63. The quantitative estimate of drug-likeness (QED) is 0.404. The highest BCUT2D eigenvalue weighted by molar-refractivity contribution is 5.93. The summed E-state index contributed by atoms with van der Waals surface area (Å²) < 4.78 is 16.0. The Morgan fingerprint density at radius 2 is 1.82 bits per heavy atom. The second-order valence-electron chi connectivity index (χ2n) is 7.91. The van der Waals surface area contributed by atoms with Gasteiger partial charge in [0.25, 0.3) is 0 Å². The maximum absolute atomic E-state index is 12.4. The van der Waals surface area contributed by atoms with E-state index in [1.165, 1.54) is 40.7 Å². The predicted molar refractivity (Wildman–Crippen MR) is 97.8 cm³/mol. The molecule has 2 rings (SSSR count). The van der Waals surface area contributed by atoms with Gasteiger partial charge in [0, 0.05) is 16.7 Å². The molecule has 2 aliphatic heterocycles. The topological polar surface area (TPSA) is 119 Å². The lowest BCUT2D eigenvalue weighted by Gasteiger charge is -2.46.